The summed E-state index contributed by atoms with van der Waals surface area (Å²) in [5.74, 6) is 0.0190. The highest BCUT2D eigenvalue weighted by Crippen LogP contribution is 2.28. The molecule has 0 aromatic rings. The summed E-state index contributed by atoms with van der Waals surface area (Å²) < 4.78 is 36.9. The van der Waals surface area contributed by atoms with Crippen molar-refractivity contribution in [2.45, 2.75) is 18.5 Å². The van der Waals surface area contributed by atoms with Crippen LogP contribution >= 0.6 is 24.8 Å². The van der Waals surface area contributed by atoms with E-state index in [0.717, 1.165) is 26.2 Å². The van der Waals surface area contributed by atoms with Crippen LogP contribution in [0.1, 0.15) is 12.8 Å². The smallest absolute Gasteiger partial charge is 0.150 e. The van der Waals surface area contributed by atoms with E-state index in [-0.39, 0.29) is 49.2 Å². The standard InChI is InChI=1S/C10H19FN2O2S.2ClH/c11-10(1-7-16(14,15)8-2-10)9-13-5-3-12-4-6-13;;/h12H,1-9H2;2*1H. The van der Waals surface area contributed by atoms with Crippen molar-refractivity contribution in [1.29, 1.82) is 0 Å². The van der Waals surface area contributed by atoms with E-state index in [1.807, 2.05) is 0 Å². The monoisotopic (exact) mass is 322 g/mol. The number of hydrogen-bond acceptors (Lipinski definition) is 4. The van der Waals surface area contributed by atoms with Gasteiger partial charge in [-0.05, 0) is 12.8 Å². The Labute approximate surface area is 120 Å². The van der Waals surface area contributed by atoms with Gasteiger partial charge in [-0.3, -0.25) is 4.90 Å². The van der Waals surface area contributed by atoms with Crippen molar-refractivity contribution >= 4 is 34.7 Å². The van der Waals surface area contributed by atoms with Crippen LogP contribution in [0.3, 0.4) is 0 Å². The lowest BCUT2D eigenvalue weighted by molar-refractivity contribution is 0.0753. The first kappa shape index (κ1) is 18.4. The maximum Gasteiger partial charge on any atom is 0.150 e. The Bertz CT molecular complexity index is 334. The summed E-state index contributed by atoms with van der Waals surface area (Å²) in [4.78, 5) is 2.09. The maximum absolute atomic E-state index is 14.4. The molecule has 2 heterocycles. The molecule has 2 rings (SSSR count). The highest BCUT2D eigenvalue weighted by molar-refractivity contribution is 7.91. The molecule has 0 saturated carbocycles. The fourth-order valence-electron chi connectivity index (χ4n) is 2.33. The molecule has 4 nitrogen and oxygen atoms in total. The first-order valence-electron chi connectivity index (χ1n) is 5.82. The Morgan fingerprint density at radius 3 is 2.11 bits per heavy atom. The molecule has 2 fully saturated rings. The molecule has 1 N–H and O–H groups in total. The third-order valence-electron chi connectivity index (χ3n) is 3.44. The summed E-state index contributed by atoms with van der Waals surface area (Å²) >= 11 is 0. The summed E-state index contributed by atoms with van der Waals surface area (Å²) in [6.07, 6.45) is 0.332. The molecule has 0 amide bonds. The van der Waals surface area contributed by atoms with Crippen molar-refractivity contribution in [3.8, 4) is 0 Å². The third-order valence-corrected chi connectivity index (χ3v) is 5.09. The predicted molar refractivity (Wildman–Crippen MR) is 75.5 cm³/mol. The topological polar surface area (TPSA) is 49.4 Å². The van der Waals surface area contributed by atoms with Crippen LogP contribution < -0.4 is 5.32 Å². The molecule has 0 aromatic heterocycles. The van der Waals surface area contributed by atoms with Crippen LogP contribution in [0, 0.1) is 0 Å². The van der Waals surface area contributed by atoms with E-state index < -0.39 is 15.5 Å². The van der Waals surface area contributed by atoms with Gasteiger partial charge in [0.05, 0.1) is 11.5 Å². The molecule has 0 spiro atoms. The largest absolute Gasteiger partial charge is 0.314 e. The van der Waals surface area contributed by atoms with Gasteiger partial charge in [0.1, 0.15) is 5.67 Å². The number of piperazine rings is 1. The van der Waals surface area contributed by atoms with E-state index >= 15 is 0 Å². The first-order chi connectivity index (χ1) is 7.49. The lowest BCUT2D eigenvalue weighted by Gasteiger charge is -2.36. The molecule has 0 aromatic carbocycles. The van der Waals surface area contributed by atoms with Crippen LogP contribution in [-0.4, -0.2) is 63.2 Å². The van der Waals surface area contributed by atoms with Gasteiger partial charge in [-0.2, -0.15) is 0 Å². The van der Waals surface area contributed by atoms with Crippen molar-refractivity contribution in [3.05, 3.63) is 0 Å². The molecule has 2 aliphatic heterocycles. The van der Waals surface area contributed by atoms with Gasteiger partial charge in [0.15, 0.2) is 9.84 Å². The maximum atomic E-state index is 14.4. The Morgan fingerprint density at radius 1 is 1.11 bits per heavy atom. The number of hydrogen-bond donors (Lipinski definition) is 1. The fourth-order valence-corrected chi connectivity index (χ4v) is 3.89. The average Bonchev–Trinajstić information content (AvgIpc) is 2.25. The van der Waals surface area contributed by atoms with Crippen LogP contribution in [0.5, 0.6) is 0 Å². The Morgan fingerprint density at radius 2 is 1.61 bits per heavy atom. The lowest BCUT2D eigenvalue weighted by atomic mass is 9.98. The van der Waals surface area contributed by atoms with Gasteiger partial charge in [0, 0.05) is 32.7 Å². The molecule has 0 aliphatic carbocycles. The number of halogens is 3. The Kier molecular flexibility index (Phi) is 7.39. The van der Waals surface area contributed by atoms with Gasteiger partial charge in [0.2, 0.25) is 0 Å². The Hall–Kier alpha value is 0.380. The molecular formula is C10H21Cl2FN2O2S. The fraction of sp³-hybridized carbons (Fsp3) is 1.00. The minimum Gasteiger partial charge on any atom is -0.314 e. The van der Waals surface area contributed by atoms with Crippen LogP contribution in [0.2, 0.25) is 0 Å². The molecular weight excluding hydrogens is 302 g/mol. The van der Waals surface area contributed by atoms with Crippen LogP contribution in [0.25, 0.3) is 0 Å². The zero-order chi connectivity index (χ0) is 11.6. The zero-order valence-corrected chi connectivity index (χ0v) is 12.7. The van der Waals surface area contributed by atoms with E-state index in [2.05, 4.69) is 10.2 Å². The van der Waals surface area contributed by atoms with Gasteiger partial charge >= 0.3 is 0 Å². The molecule has 0 bridgehead atoms. The Balaban J connectivity index is 0.00000144. The lowest BCUT2D eigenvalue weighted by Crippen LogP contribution is -2.51. The van der Waals surface area contributed by atoms with Crippen molar-refractivity contribution in [1.82, 2.24) is 10.2 Å². The summed E-state index contributed by atoms with van der Waals surface area (Å²) in [5, 5.41) is 3.22. The van der Waals surface area contributed by atoms with Gasteiger partial charge < -0.3 is 5.32 Å². The van der Waals surface area contributed by atoms with E-state index in [4.69, 9.17) is 0 Å². The molecule has 2 aliphatic rings. The van der Waals surface area contributed by atoms with Crippen molar-refractivity contribution < 1.29 is 12.8 Å². The van der Waals surface area contributed by atoms with E-state index in [9.17, 15) is 12.8 Å². The highest BCUT2D eigenvalue weighted by Gasteiger charge is 2.38. The normalized spacial score (nSPS) is 26.7. The first-order valence-corrected chi connectivity index (χ1v) is 7.64. The van der Waals surface area contributed by atoms with Crippen molar-refractivity contribution in [3.63, 3.8) is 0 Å². The second-order valence-corrected chi connectivity index (χ2v) is 7.13. The zero-order valence-electron chi connectivity index (χ0n) is 10.2. The number of sulfone groups is 1. The molecule has 0 atom stereocenters. The number of rotatable bonds is 2. The minimum absolute atomic E-state index is 0. The minimum atomic E-state index is -2.97. The molecule has 0 unspecified atom stereocenters. The van der Waals surface area contributed by atoms with Crippen LogP contribution in [0.4, 0.5) is 4.39 Å². The van der Waals surface area contributed by atoms with Gasteiger partial charge in [-0.1, -0.05) is 0 Å². The predicted octanol–water partition coefficient (Wildman–Crippen LogP) is 0.652. The van der Waals surface area contributed by atoms with Gasteiger partial charge in [-0.25, -0.2) is 12.8 Å². The second kappa shape index (κ2) is 7.24. The van der Waals surface area contributed by atoms with Crippen LogP contribution in [0.15, 0.2) is 0 Å². The quantitative estimate of drug-likeness (QED) is 0.811. The SMILES string of the molecule is Cl.Cl.O=S1(=O)CCC(F)(CN2CCNCC2)CC1. The summed E-state index contributed by atoms with van der Waals surface area (Å²) in [5.41, 5.74) is -1.29. The summed E-state index contributed by atoms with van der Waals surface area (Å²) in [6.45, 7) is 3.91. The molecule has 110 valence electrons. The molecule has 8 heteroatoms. The van der Waals surface area contributed by atoms with Crippen LogP contribution in [-0.2, 0) is 9.84 Å². The molecule has 0 radical (unpaired) electrons. The second-order valence-electron chi connectivity index (χ2n) is 4.83. The average molecular weight is 323 g/mol. The molecule has 2 saturated heterocycles. The molecule has 18 heavy (non-hydrogen) atoms. The van der Waals surface area contributed by atoms with E-state index in [1.165, 1.54) is 0 Å². The van der Waals surface area contributed by atoms with Crippen molar-refractivity contribution in [2.24, 2.45) is 0 Å². The number of alkyl halides is 1. The summed E-state index contributed by atoms with van der Waals surface area (Å²) in [7, 11) is -2.97. The highest BCUT2D eigenvalue weighted by atomic mass is 35.5. The number of nitrogens with zero attached hydrogens (tertiary/aromatic N) is 1. The van der Waals surface area contributed by atoms with Gasteiger partial charge in [-0.15, -0.1) is 24.8 Å². The van der Waals surface area contributed by atoms with Gasteiger partial charge in [0.25, 0.3) is 0 Å². The van der Waals surface area contributed by atoms with Crippen molar-refractivity contribution in [2.75, 3.05) is 44.2 Å². The van der Waals surface area contributed by atoms with E-state index in [0.29, 0.717) is 6.54 Å². The van der Waals surface area contributed by atoms with E-state index in [1.54, 1.807) is 0 Å². The summed E-state index contributed by atoms with van der Waals surface area (Å²) in [6, 6.07) is 0. The number of nitrogens with one attached hydrogen (secondary N) is 1. The third kappa shape index (κ3) is 5.17.